The molecule has 0 radical (unpaired) electrons. The molecule has 0 saturated heterocycles. The Bertz CT molecular complexity index is 1380. The van der Waals surface area contributed by atoms with E-state index < -0.39 is 0 Å². The maximum atomic E-state index is 13.0. The lowest BCUT2D eigenvalue weighted by Crippen LogP contribution is -2.30. The van der Waals surface area contributed by atoms with E-state index in [1.807, 2.05) is 66.2 Å². The lowest BCUT2D eigenvalue weighted by Gasteiger charge is -2.18. The van der Waals surface area contributed by atoms with Crippen LogP contribution >= 0.6 is 0 Å². The Morgan fingerprint density at radius 1 is 1.09 bits per heavy atom. The first-order valence-electron chi connectivity index (χ1n) is 11.2. The average Bonchev–Trinajstić information content (AvgIpc) is 3.54. The molecule has 1 amide bonds. The summed E-state index contributed by atoms with van der Waals surface area (Å²) in [5, 5.41) is 3.13. The lowest BCUT2D eigenvalue weighted by atomic mass is 10.0. The summed E-state index contributed by atoms with van der Waals surface area (Å²) in [6, 6.07) is 20.9. The predicted octanol–water partition coefficient (Wildman–Crippen LogP) is 4.66. The summed E-state index contributed by atoms with van der Waals surface area (Å²) in [5.74, 6) is 1.35. The van der Waals surface area contributed by atoms with E-state index in [2.05, 4.69) is 20.3 Å². The Balaban J connectivity index is 1.24. The van der Waals surface area contributed by atoms with Gasteiger partial charge in [-0.1, -0.05) is 36.4 Å². The quantitative estimate of drug-likeness (QED) is 0.359. The molecular formula is C27H25N5O2. The zero-order chi connectivity index (χ0) is 23.3. The summed E-state index contributed by atoms with van der Waals surface area (Å²) in [5.41, 5.74) is 4.48. The third kappa shape index (κ3) is 4.83. The molecule has 2 aromatic carbocycles. The van der Waals surface area contributed by atoms with E-state index >= 15 is 0 Å². The van der Waals surface area contributed by atoms with Crippen LogP contribution in [0.1, 0.15) is 39.0 Å². The second kappa shape index (κ2) is 9.62. The molecule has 0 spiro atoms. The molecule has 0 saturated carbocycles. The zero-order valence-electron chi connectivity index (χ0n) is 18.8. The van der Waals surface area contributed by atoms with Gasteiger partial charge in [0.15, 0.2) is 0 Å². The SMILES string of the molecule is Cc1cccn2cc(COc3ccc(C(=O)NC(Cc4ncc[nH]4)c4ccccc4)cc3)nc12. The summed E-state index contributed by atoms with van der Waals surface area (Å²) in [7, 11) is 0. The number of rotatable bonds is 8. The van der Waals surface area contributed by atoms with E-state index in [0.29, 0.717) is 24.3 Å². The summed E-state index contributed by atoms with van der Waals surface area (Å²) in [6.07, 6.45) is 8.01. The summed E-state index contributed by atoms with van der Waals surface area (Å²) in [4.78, 5) is 25.0. The second-order valence-corrected chi connectivity index (χ2v) is 8.14. The minimum atomic E-state index is -0.200. The minimum Gasteiger partial charge on any atom is -0.487 e. The van der Waals surface area contributed by atoms with Gasteiger partial charge in [-0.2, -0.15) is 0 Å². The molecule has 3 aromatic heterocycles. The Morgan fingerprint density at radius 2 is 1.91 bits per heavy atom. The van der Waals surface area contributed by atoms with Crippen LogP contribution in [0.2, 0.25) is 0 Å². The van der Waals surface area contributed by atoms with Gasteiger partial charge in [-0.15, -0.1) is 0 Å². The van der Waals surface area contributed by atoms with E-state index in [9.17, 15) is 4.79 Å². The number of imidazole rings is 2. The van der Waals surface area contributed by atoms with Gasteiger partial charge in [-0.3, -0.25) is 4.79 Å². The molecule has 0 aliphatic carbocycles. The normalized spacial score (nSPS) is 11.9. The molecule has 5 aromatic rings. The largest absolute Gasteiger partial charge is 0.487 e. The highest BCUT2D eigenvalue weighted by molar-refractivity contribution is 5.94. The highest BCUT2D eigenvalue weighted by Crippen LogP contribution is 2.19. The van der Waals surface area contributed by atoms with Crippen LogP contribution in [0.4, 0.5) is 0 Å². The number of fused-ring (bicyclic) bond motifs is 1. The third-order valence-electron chi connectivity index (χ3n) is 5.69. The number of aromatic nitrogens is 4. The molecule has 1 unspecified atom stereocenters. The smallest absolute Gasteiger partial charge is 0.251 e. The number of H-pyrrole nitrogens is 1. The van der Waals surface area contributed by atoms with Crippen LogP contribution in [0, 0.1) is 6.92 Å². The van der Waals surface area contributed by atoms with Crippen LogP contribution in [-0.4, -0.2) is 25.3 Å². The minimum absolute atomic E-state index is 0.150. The third-order valence-corrected chi connectivity index (χ3v) is 5.69. The van der Waals surface area contributed by atoms with Crippen molar-refractivity contribution in [2.24, 2.45) is 0 Å². The van der Waals surface area contributed by atoms with Gasteiger partial charge in [0, 0.05) is 36.8 Å². The highest BCUT2D eigenvalue weighted by Gasteiger charge is 2.17. The monoisotopic (exact) mass is 451 g/mol. The van der Waals surface area contributed by atoms with E-state index in [0.717, 1.165) is 28.3 Å². The van der Waals surface area contributed by atoms with Crippen LogP contribution in [0.5, 0.6) is 5.75 Å². The van der Waals surface area contributed by atoms with Crippen molar-refractivity contribution < 1.29 is 9.53 Å². The number of nitrogens with one attached hydrogen (secondary N) is 2. The van der Waals surface area contributed by atoms with Crippen molar-refractivity contribution in [1.82, 2.24) is 24.7 Å². The number of amides is 1. The molecule has 7 nitrogen and oxygen atoms in total. The van der Waals surface area contributed by atoms with Crippen molar-refractivity contribution in [3.05, 3.63) is 120 Å². The van der Waals surface area contributed by atoms with Gasteiger partial charge in [0.1, 0.15) is 23.8 Å². The molecule has 34 heavy (non-hydrogen) atoms. The van der Waals surface area contributed by atoms with Crippen molar-refractivity contribution in [3.63, 3.8) is 0 Å². The molecule has 0 aliphatic heterocycles. The number of carbonyl (C=O) groups excluding carboxylic acids is 1. The van der Waals surface area contributed by atoms with E-state index in [1.165, 1.54) is 0 Å². The van der Waals surface area contributed by atoms with Crippen LogP contribution < -0.4 is 10.1 Å². The number of carbonyl (C=O) groups is 1. The van der Waals surface area contributed by atoms with Crippen molar-refractivity contribution in [3.8, 4) is 5.75 Å². The maximum absolute atomic E-state index is 13.0. The second-order valence-electron chi connectivity index (χ2n) is 8.14. The summed E-state index contributed by atoms with van der Waals surface area (Å²) < 4.78 is 7.89. The molecule has 3 heterocycles. The zero-order valence-corrected chi connectivity index (χ0v) is 18.8. The van der Waals surface area contributed by atoms with Gasteiger partial charge < -0.3 is 19.4 Å². The number of aryl methyl sites for hydroxylation is 1. The molecular weight excluding hydrogens is 426 g/mol. The van der Waals surface area contributed by atoms with Gasteiger partial charge in [0.2, 0.25) is 0 Å². The first-order chi connectivity index (χ1) is 16.7. The molecule has 0 bridgehead atoms. The van der Waals surface area contributed by atoms with Gasteiger partial charge in [-0.25, -0.2) is 9.97 Å². The average molecular weight is 452 g/mol. The van der Waals surface area contributed by atoms with Gasteiger partial charge in [0.25, 0.3) is 5.91 Å². The van der Waals surface area contributed by atoms with Crippen molar-refractivity contribution in [1.29, 1.82) is 0 Å². The van der Waals surface area contributed by atoms with Crippen molar-refractivity contribution in [2.75, 3.05) is 0 Å². The van der Waals surface area contributed by atoms with E-state index in [-0.39, 0.29) is 11.9 Å². The fraction of sp³-hybridized carbons (Fsp3) is 0.148. The number of hydrogen-bond donors (Lipinski definition) is 2. The van der Waals surface area contributed by atoms with Gasteiger partial charge >= 0.3 is 0 Å². The number of benzene rings is 2. The van der Waals surface area contributed by atoms with Crippen LogP contribution in [-0.2, 0) is 13.0 Å². The fourth-order valence-corrected chi connectivity index (χ4v) is 3.92. The first-order valence-corrected chi connectivity index (χ1v) is 11.2. The number of ether oxygens (including phenoxy) is 1. The highest BCUT2D eigenvalue weighted by atomic mass is 16.5. The number of aromatic amines is 1. The van der Waals surface area contributed by atoms with Crippen LogP contribution in [0.15, 0.2) is 91.5 Å². The molecule has 2 N–H and O–H groups in total. The standard InChI is InChI=1S/C27H25N5O2/c1-19-6-5-15-32-17-22(30-26(19)32)18-34-23-11-9-21(10-12-23)27(33)31-24(16-25-28-13-14-29-25)20-7-3-2-4-8-20/h2-15,17,24H,16,18H2,1H3,(H,28,29)(H,31,33). The molecule has 1 atom stereocenters. The van der Waals surface area contributed by atoms with E-state index in [1.54, 1.807) is 36.7 Å². The van der Waals surface area contributed by atoms with E-state index in [4.69, 9.17) is 4.74 Å². The van der Waals surface area contributed by atoms with Crippen molar-refractivity contribution >= 4 is 11.6 Å². The molecule has 170 valence electrons. The molecule has 0 aliphatic rings. The first kappa shape index (κ1) is 21.5. The number of pyridine rings is 1. The molecule has 0 fully saturated rings. The number of nitrogens with zero attached hydrogens (tertiary/aromatic N) is 3. The lowest BCUT2D eigenvalue weighted by molar-refractivity contribution is 0.0936. The Kier molecular flexibility index (Phi) is 6.07. The summed E-state index contributed by atoms with van der Waals surface area (Å²) >= 11 is 0. The predicted molar refractivity (Wildman–Crippen MR) is 130 cm³/mol. The van der Waals surface area contributed by atoms with Crippen LogP contribution in [0.3, 0.4) is 0 Å². The van der Waals surface area contributed by atoms with Crippen LogP contribution in [0.25, 0.3) is 5.65 Å². The fourth-order valence-electron chi connectivity index (χ4n) is 3.92. The van der Waals surface area contributed by atoms with Crippen molar-refractivity contribution in [2.45, 2.75) is 26.0 Å². The Labute approximate surface area is 197 Å². The molecule has 7 heteroatoms. The van der Waals surface area contributed by atoms with Gasteiger partial charge in [0.05, 0.1) is 11.7 Å². The molecule has 5 rings (SSSR count). The van der Waals surface area contributed by atoms with Gasteiger partial charge in [-0.05, 0) is 48.4 Å². The maximum Gasteiger partial charge on any atom is 0.251 e. The summed E-state index contributed by atoms with van der Waals surface area (Å²) in [6.45, 7) is 2.39. The number of hydrogen-bond acceptors (Lipinski definition) is 4. The Morgan fingerprint density at radius 3 is 2.65 bits per heavy atom. The topological polar surface area (TPSA) is 84.3 Å². The Hall–Kier alpha value is -4.39.